The molecule has 0 aliphatic carbocycles. The fraction of sp³-hybridized carbons (Fsp3) is 0.286. The van der Waals surface area contributed by atoms with Crippen LogP contribution in [0.25, 0.3) is 10.4 Å². The summed E-state index contributed by atoms with van der Waals surface area (Å²) in [6, 6.07) is 17.1. The molecule has 0 saturated heterocycles. The molecule has 0 aliphatic heterocycles. The highest BCUT2D eigenvalue weighted by molar-refractivity contribution is 7.15. The molecule has 3 aromatic rings. The minimum Gasteiger partial charge on any atom is -0.326 e. The summed E-state index contributed by atoms with van der Waals surface area (Å²) in [5.74, 6) is 0. The van der Waals surface area contributed by atoms with Crippen LogP contribution in [0.4, 0.5) is 0 Å². The van der Waals surface area contributed by atoms with Crippen molar-refractivity contribution in [3.05, 3.63) is 80.6 Å². The molecule has 0 spiro atoms. The lowest BCUT2D eigenvalue weighted by Crippen LogP contribution is -2.17. The second kappa shape index (κ2) is 7.81. The van der Waals surface area contributed by atoms with Crippen molar-refractivity contribution in [2.75, 3.05) is 0 Å². The standard InChI is InChI=1S/C21H24N2OS/c1-4-16-12-19(15(3)23-21(16)24)20-11-10-18(25-20)13-22-14(2)17-8-6-5-7-9-17/h5-12,14,22H,4,13H2,1-3H3,(H,23,24). The zero-order valence-electron chi connectivity index (χ0n) is 14.9. The van der Waals surface area contributed by atoms with Crippen LogP contribution in [0.2, 0.25) is 0 Å². The van der Waals surface area contributed by atoms with Gasteiger partial charge in [-0.3, -0.25) is 4.79 Å². The number of rotatable bonds is 6. The fourth-order valence-electron chi connectivity index (χ4n) is 2.92. The smallest absolute Gasteiger partial charge is 0.251 e. The predicted molar refractivity (Wildman–Crippen MR) is 106 cm³/mol. The number of aromatic amines is 1. The molecule has 1 atom stereocenters. The van der Waals surface area contributed by atoms with Crippen molar-refractivity contribution in [2.24, 2.45) is 0 Å². The predicted octanol–water partition coefficient (Wildman–Crippen LogP) is 4.83. The molecule has 1 aromatic carbocycles. The van der Waals surface area contributed by atoms with Crippen LogP contribution in [-0.4, -0.2) is 4.98 Å². The topological polar surface area (TPSA) is 44.9 Å². The maximum atomic E-state index is 11.9. The molecule has 4 heteroatoms. The quantitative estimate of drug-likeness (QED) is 0.668. The van der Waals surface area contributed by atoms with Crippen LogP contribution in [0.1, 0.15) is 41.6 Å². The van der Waals surface area contributed by atoms with E-state index in [1.54, 1.807) is 11.3 Å². The molecule has 3 rings (SSSR count). The van der Waals surface area contributed by atoms with Crippen molar-refractivity contribution in [1.29, 1.82) is 0 Å². The molecule has 0 amide bonds. The molecule has 1 unspecified atom stereocenters. The number of hydrogen-bond donors (Lipinski definition) is 2. The van der Waals surface area contributed by atoms with Gasteiger partial charge in [-0.25, -0.2) is 0 Å². The van der Waals surface area contributed by atoms with E-state index < -0.39 is 0 Å². The number of nitrogens with one attached hydrogen (secondary N) is 2. The summed E-state index contributed by atoms with van der Waals surface area (Å²) in [4.78, 5) is 17.4. The van der Waals surface area contributed by atoms with Crippen LogP contribution in [-0.2, 0) is 13.0 Å². The second-order valence-electron chi connectivity index (χ2n) is 6.30. The van der Waals surface area contributed by atoms with Crippen molar-refractivity contribution in [2.45, 2.75) is 39.8 Å². The van der Waals surface area contributed by atoms with Gasteiger partial charge in [-0.05, 0) is 44.0 Å². The number of H-pyrrole nitrogens is 1. The van der Waals surface area contributed by atoms with Gasteiger partial charge in [0.1, 0.15) is 0 Å². The average Bonchev–Trinajstić information content (AvgIpc) is 3.09. The highest BCUT2D eigenvalue weighted by Crippen LogP contribution is 2.30. The van der Waals surface area contributed by atoms with E-state index in [-0.39, 0.29) is 5.56 Å². The summed E-state index contributed by atoms with van der Waals surface area (Å²) < 4.78 is 0. The van der Waals surface area contributed by atoms with Crippen LogP contribution in [0.15, 0.2) is 53.3 Å². The van der Waals surface area contributed by atoms with Crippen LogP contribution < -0.4 is 10.9 Å². The molecule has 2 N–H and O–H groups in total. The number of aromatic nitrogens is 1. The Labute approximate surface area is 152 Å². The Morgan fingerprint density at radius 1 is 1.16 bits per heavy atom. The Morgan fingerprint density at radius 2 is 1.92 bits per heavy atom. The molecule has 2 aromatic heterocycles. The summed E-state index contributed by atoms with van der Waals surface area (Å²) in [6.45, 7) is 7.00. The average molecular weight is 353 g/mol. The maximum Gasteiger partial charge on any atom is 0.251 e. The van der Waals surface area contributed by atoms with E-state index in [4.69, 9.17) is 0 Å². The first-order valence-corrected chi connectivity index (χ1v) is 9.50. The normalized spacial score (nSPS) is 12.3. The molecule has 130 valence electrons. The Kier molecular flexibility index (Phi) is 5.51. The number of hydrogen-bond acceptors (Lipinski definition) is 3. The van der Waals surface area contributed by atoms with Crippen molar-refractivity contribution >= 4 is 11.3 Å². The van der Waals surface area contributed by atoms with E-state index in [1.807, 2.05) is 26.0 Å². The van der Waals surface area contributed by atoms with E-state index >= 15 is 0 Å². The highest BCUT2D eigenvalue weighted by atomic mass is 32.1. The molecular weight excluding hydrogens is 328 g/mol. The molecular formula is C21H24N2OS. The van der Waals surface area contributed by atoms with Gasteiger partial charge in [0.2, 0.25) is 0 Å². The first-order chi connectivity index (χ1) is 12.1. The van der Waals surface area contributed by atoms with Gasteiger partial charge < -0.3 is 10.3 Å². The summed E-state index contributed by atoms with van der Waals surface area (Å²) in [6.07, 6.45) is 0.747. The molecule has 0 saturated carbocycles. The minimum absolute atomic E-state index is 0.0267. The number of aryl methyl sites for hydroxylation is 2. The molecule has 0 radical (unpaired) electrons. The van der Waals surface area contributed by atoms with Crippen LogP contribution in [0.3, 0.4) is 0 Å². The third-order valence-electron chi connectivity index (χ3n) is 4.51. The van der Waals surface area contributed by atoms with E-state index in [1.165, 1.54) is 15.3 Å². The molecule has 0 bridgehead atoms. The Balaban J connectivity index is 1.74. The number of thiophene rings is 1. The van der Waals surface area contributed by atoms with E-state index in [0.717, 1.165) is 29.8 Å². The number of benzene rings is 1. The van der Waals surface area contributed by atoms with Gasteiger partial charge in [0.05, 0.1) is 0 Å². The van der Waals surface area contributed by atoms with Gasteiger partial charge in [0, 0.05) is 39.2 Å². The van der Waals surface area contributed by atoms with E-state index in [2.05, 4.69) is 53.6 Å². The van der Waals surface area contributed by atoms with Gasteiger partial charge in [-0.1, -0.05) is 37.3 Å². The van der Waals surface area contributed by atoms with Crippen LogP contribution in [0, 0.1) is 6.92 Å². The maximum absolute atomic E-state index is 11.9. The first-order valence-electron chi connectivity index (χ1n) is 8.68. The summed E-state index contributed by atoms with van der Waals surface area (Å²) >= 11 is 1.78. The lowest BCUT2D eigenvalue weighted by Gasteiger charge is -2.13. The number of pyridine rings is 1. The fourth-order valence-corrected chi connectivity index (χ4v) is 3.95. The SMILES string of the molecule is CCc1cc(-c2ccc(CNC(C)c3ccccc3)s2)c(C)[nH]c1=O. The van der Waals surface area contributed by atoms with E-state index in [0.29, 0.717) is 6.04 Å². The summed E-state index contributed by atoms with van der Waals surface area (Å²) in [7, 11) is 0. The van der Waals surface area contributed by atoms with Gasteiger partial charge in [-0.15, -0.1) is 11.3 Å². The molecule has 2 heterocycles. The lowest BCUT2D eigenvalue weighted by atomic mass is 10.1. The summed E-state index contributed by atoms with van der Waals surface area (Å²) in [5, 5.41) is 3.58. The zero-order chi connectivity index (χ0) is 17.8. The minimum atomic E-state index is 0.0267. The highest BCUT2D eigenvalue weighted by Gasteiger charge is 2.10. The van der Waals surface area contributed by atoms with Crippen LogP contribution >= 0.6 is 11.3 Å². The van der Waals surface area contributed by atoms with E-state index in [9.17, 15) is 4.79 Å². The largest absolute Gasteiger partial charge is 0.326 e. The lowest BCUT2D eigenvalue weighted by molar-refractivity contribution is 0.579. The molecule has 25 heavy (non-hydrogen) atoms. The monoisotopic (exact) mass is 352 g/mol. The summed E-state index contributed by atoms with van der Waals surface area (Å²) in [5.41, 5.74) is 4.22. The van der Waals surface area contributed by atoms with Crippen molar-refractivity contribution < 1.29 is 0 Å². The molecule has 0 fully saturated rings. The van der Waals surface area contributed by atoms with Crippen LogP contribution in [0.5, 0.6) is 0 Å². The Morgan fingerprint density at radius 3 is 2.64 bits per heavy atom. The van der Waals surface area contributed by atoms with Crippen molar-refractivity contribution in [3.8, 4) is 10.4 Å². The Bertz CT molecular complexity index is 896. The van der Waals surface area contributed by atoms with Gasteiger partial charge in [-0.2, -0.15) is 0 Å². The van der Waals surface area contributed by atoms with Gasteiger partial charge in [0.15, 0.2) is 0 Å². The zero-order valence-corrected chi connectivity index (χ0v) is 15.7. The van der Waals surface area contributed by atoms with Crippen molar-refractivity contribution in [3.63, 3.8) is 0 Å². The molecule has 0 aliphatic rings. The molecule has 3 nitrogen and oxygen atoms in total. The first kappa shape index (κ1) is 17.6. The third-order valence-corrected chi connectivity index (χ3v) is 5.62. The third kappa shape index (κ3) is 4.09. The van der Waals surface area contributed by atoms with Crippen molar-refractivity contribution in [1.82, 2.24) is 10.3 Å². The van der Waals surface area contributed by atoms with Gasteiger partial charge in [0.25, 0.3) is 5.56 Å². The second-order valence-corrected chi connectivity index (χ2v) is 7.46. The van der Waals surface area contributed by atoms with Gasteiger partial charge >= 0.3 is 0 Å². The Hall–Kier alpha value is -2.17.